The Hall–Kier alpha value is 0.370. The van der Waals surface area contributed by atoms with E-state index in [2.05, 4.69) is 4.98 Å². The van der Waals surface area contributed by atoms with Crippen molar-refractivity contribution in [2.45, 2.75) is 4.90 Å². The van der Waals surface area contributed by atoms with Crippen molar-refractivity contribution in [3.8, 4) is 0 Å². The lowest BCUT2D eigenvalue weighted by atomic mass is 10.5. The molecule has 1 rings (SSSR count). The van der Waals surface area contributed by atoms with Gasteiger partial charge in [0.25, 0.3) is 0 Å². The van der Waals surface area contributed by atoms with Crippen LogP contribution >= 0.6 is 46.6 Å². The summed E-state index contributed by atoms with van der Waals surface area (Å²) >= 11 is 18.7. The van der Waals surface area contributed by atoms with Crippen LogP contribution in [-0.4, -0.2) is 11.2 Å². The number of pyridine rings is 1. The highest BCUT2D eigenvalue weighted by Crippen LogP contribution is 2.35. The number of thioether (sulfide) groups is 1. The molecule has 0 unspecified atom stereocenters. The van der Waals surface area contributed by atoms with Gasteiger partial charge in [0, 0.05) is 11.1 Å². The number of hydrogen-bond acceptors (Lipinski definition) is 2. The second kappa shape index (κ2) is 3.85. The first-order chi connectivity index (χ1) is 5.16. The first-order valence-corrected chi connectivity index (χ1v) is 5.06. The fraction of sp³-hybridized carbons (Fsp3) is 0.167. The van der Waals surface area contributed by atoms with Crippen LogP contribution in [0.3, 0.4) is 0 Å². The Kier molecular flexibility index (Phi) is 3.31. The lowest BCUT2D eigenvalue weighted by Crippen LogP contribution is -1.81. The van der Waals surface area contributed by atoms with Crippen molar-refractivity contribution in [3.05, 3.63) is 21.4 Å². The van der Waals surface area contributed by atoms with E-state index >= 15 is 0 Å². The van der Waals surface area contributed by atoms with Gasteiger partial charge >= 0.3 is 0 Å². The fourth-order valence-corrected chi connectivity index (χ4v) is 2.14. The standard InChI is InChI=1S/C6H4Cl3NS/c1-11-5-3(7)2-10-6(9)4(5)8/h2H,1H3. The summed E-state index contributed by atoms with van der Waals surface area (Å²) in [5.41, 5.74) is 0. The number of halogens is 3. The summed E-state index contributed by atoms with van der Waals surface area (Å²) in [7, 11) is 0. The summed E-state index contributed by atoms with van der Waals surface area (Å²) < 4.78 is 0. The molecular weight excluding hydrogens is 224 g/mol. The van der Waals surface area contributed by atoms with Crippen LogP contribution in [0, 0.1) is 0 Å². The molecule has 11 heavy (non-hydrogen) atoms. The molecule has 0 spiro atoms. The molecule has 0 fully saturated rings. The Morgan fingerprint density at radius 2 is 2.00 bits per heavy atom. The summed E-state index contributed by atoms with van der Waals surface area (Å²) in [5.74, 6) is 0. The summed E-state index contributed by atoms with van der Waals surface area (Å²) in [6, 6.07) is 0. The third-order valence-electron chi connectivity index (χ3n) is 1.09. The monoisotopic (exact) mass is 227 g/mol. The van der Waals surface area contributed by atoms with E-state index in [0.29, 0.717) is 15.2 Å². The minimum absolute atomic E-state index is 0.292. The first-order valence-electron chi connectivity index (χ1n) is 2.70. The van der Waals surface area contributed by atoms with Crippen LogP contribution in [0.25, 0.3) is 0 Å². The molecule has 0 aliphatic rings. The Balaban J connectivity index is 3.29. The first kappa shape index (κ1) is 9.46. The van der Waals surface area contributed by atoms with Crippen LogP contribution in [0.15, 0.2) is 11.1 Å². The molecule has 0 atom stereocenters. The van der Waals surface area contributed by atoms with E-state index in [9.17, 15) is 0 Å². The number of rotatable bonds is 1. The largest absolute Gasteiger partial charge is 0.241 e. The predicted molar refractivity (Wildman–Crippen MR) is 51.0 cm³/mol. The molecule has 0 aromatic carbocycles. The van der Waals surface area contributed by atoms with Gasteiger partial charge in [0.15, 0.2) is 0 Å². The van der Waals surface area contributed by atoms with Gasteiger partial charge in [-0.2, -0.15) is 0 Å². The average molecular weight is 229 g/mol. The van der Waals surface area contributed by atoms with Crippen molar-refractivity contribution in [2.24, 2.45) is 0 Å². The normalized spacial score (nSPS) is 10.2. The Morgan fingerprint density at radius 3 is 2.45 bits per heavy atom. The molecule has 5 heteroatoms. The van der Waals surface area contributed by atoms with E-state index in [1.807, 2.05) is 6.26 Å². The van der Waals surface area contributed by atoms with Gasteiger partial charge in [-0.25, -0.2) is 4.98 Å². The molecule has 1 aromatic rings. The molecule has 1 nitrogen and oxygen atoms in total. The molecule has 0 aliphatic heterocycles. The Morgan fingerprint density at radius 1 is 1.36 bits per heavy atom. The minimum atomic E-state index is 0.292. The summed E-state index contributed by atoms with van der Waals surface area (Å²) in [6.07, 6.45) is 3.37. The quantitative estimate of drug-likeness (QED) is 0.536. The summed E-state index contributed by atoms with van der Waals surface area (Å²) in [4.78, 5) is 4.55. The van der Waals surface area contributed by atoms with E-state index in [4.69, 9.17) is 34.8 Å². The second-order valence-electron chi connectivity index (χ2n) is 1.74. The SMILES string of the molecule is CSc1c(Cl)cnc(Cl)c1Cl. The van der Waals surface area contributed by atoms with Gasteiger partial charge in [0.05, 0.1) is 10.0 Å². The molecule has 0 aliphatic carbocycles. The molecule has 1 aromatic heterocycles. The molecule has 0 radical (unpaired) electrons. The highest BCUT2D eigenvalue weighted by Gasteiger charge is 2.08. The zero-order valence-electron chi connectivity index (χ0n) is 5.57. The van der Waals surface area contributed by atoms with Gasteiger partial charge in [-0.05, 0) is 6.26 Å². The highest BCUT2D eigenvalue weighted by molar-refractivity contribution is 7.98. The number of hydrogen-bond donors (Lipinski definition) is 0. The number of nitrogens with zero attached hydrogens (tertiary/aromatic N) is 1. The summed E-state index contributed by atoms with van der Waals surface area (Å²) in [5, 5.41) is 1.25. The van der Waals surface area contributed by atoms with Crippen molar-refractivity contribution >= 4 is 46.6 Å². The Labute approximate surface area is 84.0 Å². The van der Waals surface area contributed by atoms with Gasteiger partial charge in [-0.1, -0.05) is 34.8 Å². The van der Waals surface area contributed by atoms with E-state index in [1.165, 1.54) is 18.0 Å². The van der Waals surface area contributed by atoms with Gasteiger partial charge in [-0.3, -0.25) is 0 Å². The van der Waals surface area contributed by atoms with E-state index in [-0.39, 0.29) is 0 Å². The van der Waals surface area contributed by atoms with Crippen molar-refractivity contribution in [1.29, 1.82) is 0 Å². The maximum atomic E-state index is 5.80. The maximum absolute atomic E-state index is 5.80. The Bertz CT molecular complexity index is 277. The number of aromatic nitrogens is 1. The maximum Gasteiger partial charge on any atom is 0.148 e. The average Bonchev–Trinajstić information content (AvgIpc) is 1.99. The van der Waals surface area contributed by atoms with Crippen molar-refractivity contribution < 1.29 is 0 Å². The molecule has 1 heterocycles. The van der Waals surface area contributed by atoms with Crippen LogP contribution in [-0.2, 0) is 0 Å². The summed E-state index contributed by atoms with van der Waals surface area (Å²) in [6.45, 7) is 0. The second-order valence-corrected chi connectivity index (χ2v) is 3.70. The molecule has 0 saturated carbocycles. The third kappa shape index (κ3) is 1.94. The van der Waals surface area contributed by atoms with E-state index in [1.54, 1.807) is 0 Å². The van der Waals surface area contributed by atoms with Gasteiger partial charge in [-0.15, -0.1) is 11.8 Å². The van der Waals surface area contributed by atoms with Gasteiger partial charge < -0.3 is 0 Å². The zero-order valence-corrected chi connectivity index (χ0v) is 8.65. The molecule has 0 saturated heterocycles. The lowest BCUT2D eigenvalue weighted by Gasteiger charge is -2.02. The van der Waals surface area contributed by atoms with Crippen molar-refractivity contribution in [1.82, 2.24) is 4.98 Å². The molecule has 0 amide bonds. The van der Waals surface area contributed by atoms with Gasteiger partial charge in [0.2, 0.25) is 0 Å². The molecule has 0 N–H and O–H groups in total. The highest BCUT2D eigenvalue weighted by atomic mass is 35.5. The third-order valence-corrected chi connectivity index (χ3v) is 3.19. The van der Waals surface area contributed by atoms with Crippen LogP contribution in [0.1, 0.15) is 0 Å². The van der Waals surface area contributed by atoms with Crippen LogP contribution in [0.4, 0.5) is 0 Å². The molecule has 60 valence electrons. The molecule has 0 bridgehead atoms. The van der Waals surface area contributed by atoms with Crippen LogP contribution in [0.2, 0.25) is 15.2 Å². The van der Waals surface area contributed by atoms with Crippen molar-refractivity contribution in [2.75, 3.05) is 6.26 Å². The van der Waals surface area contributed by atoms with Crippen LogP contribution < -0.4 is 0 Å². The van der Waals surface area contributed by atoms with Gasteiger partial charge in [0.1, 0.15) is 5.15 Å². The molecular formula is C6H4Cl3NS. The smallest absolute Gasteiger partial charge is 0.148 e. The predicted octanol–water partition coefficient (Wildman–Crippen LogP) is 3.76. The van der Waals surface area contributed by atoms with E-state index < -0.39 is 0 Å². The topological polar surface area (TPSA) is 12.9 Å². The van der Waals surface area contributed by atoms with E-state index in [0.717, 1.165) is 4.90 Å². The van der Waals surface area contributed by atoms with Crippen molar-refractivity contribution in [3.63, 3.8) is 0 Å². The fourth-order valence-electron chi connectivity index (χ4n) is 0.614. The lowest BCUT2D eigenvalue weighted by molar-refractivity contribution is 1.26. The zero-order chi connectivity index (χ0) is 8.43. The minimum Gasteiger partial charge on any atom is -0.241 e. The van der Waals surface area contributed by atoms with Crippen LogP contribution in [0.5, 0.6) is 0 Å².